The van der Waals surface area contributed by atoms with Crippen LogP contribution in [0.4, 0.5) is 0 Å². The average Bonchev–Trinajstić information content (AvgIpc) is 2.98. The molecule has 146 valence electrons. The van der Waals surface area contributed by atoms with E-state index in [1.54, 1.807) is 12.1 Å². The largest absolute Gasteiger partial charge is 0.478 e. The number of aliphatic hydroxyl groups excluding tert-OH is 1. The molecule has 1 saturated heterocycles. The van der Waals surface area contributed by atoms with Crippen LogP contribution in [0.15, 0.2) is 24.3 Å². The number of halogens is 1. The third-order valence-corrected chi connectivity index (χ3v) is 5.91. The number of hydrogen-bond acceptors (Lipinski definition) is 3. The molecule has 1 aliphatic rings. The number of nitrogens with zero attached hydrogens (tertiary/aromatic N) is 1. The average molecular weight is 382 g/mol. The van der Waals surface area contributed by atoms with Gasteiger partial charge in [-0.3, -0.25) is 4.90 Å². The van der Waals surface area contributed by atoms with Gasteiger partial charge in [0, 0.05) is 12.6 Å². The van der Waals surface area contributed by atoms with E-state index in [0.717, 1.165) is 57.2 Å². The lowest BCUT2D eigenvalue weighted by Gasteiger charge is -2.27. The van der Waals surface area contributed by atoms with Gasteiger partial charge in [0.05, 0.1) is 17.0 Å². The Balaban J connectivity index is 1.79. The standard InChI is InChI=1S/C21H32ClNO3/c1-2-3-4-5-18(24)12-14-23-15-13-19(22)20(23)11-8-16-6-9-17(10-7-16)21(25)26/h6-7,9-10,18-20,24H,2-5,8,11-15H2,1H3,(H,25,26)/t18-,19-,20+/m1/s1. The normalized spacial score (nSPS) is 21.8. The van der Waals surface area contributed by atoms with Crippen LogP contribution in [0, 0.1) is 0 Å². The van der Waals surface area contributed by atoms with E-state index in [1.807, 2.05) is 12.1 Å². The summed E-state index contributed by atoms with van der Waals surface area (Å²) in [6, 6.07) is 7.44. The first-order chi connectivity index (χ1) is 12.5. The van der Waals surface area contributed by atoms with Crippen molar-refractivity contribution in [2.24, 2.45) is 0 Å². The number of carboxylic acid groups (broad SMARTS) is 1. The van der Waals surface area contributed by atoms with Crippen LogP contribution in [0.25, 0.3) is 0 Å². The second-order valence-electron chi connectivity index (χ2n) is 7.39. The minimum absolute atomic E-state index is 0.158. The molecule has 1 fully saturated rings. The van der Waals surface area contributed by atoms with Gasteiger partial charge in [-0.05, 0) is 56.3 Å². The number of alkyl halides is 1. The summed E-state index contributed by atoms with van der Waals surface area (Å²) in [4.78, 5) is 13.4. The highest BCUT2D eigenvalue weighted by atomic mass is 35.5. The smallest absolute Gasteiger partial charge is 0.335 e. The predicted octanol–water partition coefficient (Wildman–Crippen LogP) is 4.33. The van der Waals surface area contributed by atoms with Crippen molar-refractivity contribution in [1.29, 1.82) is 0 Å². The van der Waals surface area contributed by atoms with Gasteiger partial charge in [-0.2, -0.15) is 0 Å². The Morgan fingerprint density at radius 2 is 2.00 bits per heavy atom. The molecule has 2 N–H and O–H groups in total. The zero-order valence-electron chi connectivity index (χ0n) is 15.7. The minimum atomic E-state index is -0.892. The first-order valence-corrected chi connectivity index (χ1v) is 10.3. The Kier molecular flexibility index (Phi) is 8.89. The Bertz CT molecular complexity index is 549. The van der Waals surface area contributed by atoms with Gasteiger partial charge in [0.2, 0.25) is 0 Å². The van der Waals surface area contributed by atoms with Crippen molar-refractivity contribution in [2.75, 3.05) is 13.1 Å². The number of aryl methyl sites for hydroxylation is 1. The Labute approximate surface area is 162 Å². The summed E-state index contributed by atoms with van der Waals surface area (Å²) < 4.78 is 0. The maximum atomic E-state index is 10.9. The molecule has 1 aromatic rings. The predicted molar refractivity (Wildman–Crippen MR) is 106 cm³/mol. The van der Waals surface area contributed by atoms with Gasteiger partial charge in [0.1, 0.15) is 0 Å². The molecule has 26 heavy (non-hydrogen) atoms. The van der Waals surface area contributed by atoms with Gasteiger partial charge in [-0.1, -0.05) is 38.3 Å². The van der Waals surface area contributed by atoms with Crippen molar-refractivity contribution >= 4 is 17.6 Å². The molecule has 0 spiro atoms. The number of rotatable bonds is 11. The fourth-order valence-electron chi connectivity index (χ4n) is 3.73. The first-order valence-electron chi connectivity index (χ1n) is 9.89. The molecule has 0 unspecified atom stereocenters. The third-order valence-electron chi connectivity index (χ3n) is 5.40. The molecule has 0 radical (unpaired) electrons. The summed E-state index contributed by atoms with van der Waals surface area (Å²) in [6.45, 7) is 4.08. The number of carboxylic acids is 1. The molecule has 0 aromatic heterocycles. The van der Waals surface area contributed by atoms with E-state index in [2.05, 4.69) is 11.8 Å². The van der Waals surface area contributed by atoms with E-state index in [-0.39, 0.29) is 11.5 Å². The van der Waals surface area contributed by atoms with Gasteiger partial charge >= 0.3 is 5.97 Å². The molecule has 1 aromatic carbocycles. The van der Waals surface area contributed by atoms with Crippen LogP contribution < -0.4 is 0 Å². The van der Waals surface area contributed by atoms with Crippen molar-refractivity contribution in [1.82, 2.24) is 4.90 Å². The van der Waals surface area contributed by atoms with Crippen LogP contribution in [0.2, 0.25) is 0 Å². The van der Waals surface area contributed by atoms with Crippen LogP contribution in [-0.2, 0) is 6.42 Å². The zero-order valence-corrected chi connectivity index (χ0v) is 16.5. The van der Waals surface area contributed by atoms with Crippen LogP contribution in [-0.4, -0.2) is 51.7 Å². The van der Waals surface area contributed by atoms with Gasteiger partial charge in [-0.15, -0.1) is 11.6 Å². The highest BCUT2D eigenvalue weighted by Crippen LogP contribution is 2.27. The molecule has 0 amide bonds. The van der Waals surface area contributed by atoms with E-state index in [0.29, 0.717) is 11.6 Å². The number of aliphatic hydroxyl groups is 1. The van der Waals surface area contributed by atoms with Crippen molar-refractivity contribution in [3.05, 3.63) is 35.4 Å². The zero-order chi connectivity index (χ0) is 18.9. The minimum Gasteiger partial charge on any atom is -0.478 e. The second kappa shape index (κ2) is 10.9. The van der Waals surface area contributed by atoms with Crippen molar-refractivity contribution < 1.29 is 15.0 Å². The van der Waals surface area contributed by atoms with Gasteiger partial charge in [0.25, 0.3) is 0 Å². The van der Waals surface area contributed by atoms with Gasteiger partial charge in [0.15, 0.2) is 0 Å². The molecule has 1 heterocycles. The van der Waals surface area contributed by atoms with Crippen LogP contribution >= 0.6 is 11.6 Å². The molecule has 3 atom stereocenters. The molecule has 1 aliphatic heterocycles. The molecule has 0 bridgehead atoms. The van der Waals surface area contributed by atoms with E-state index in [1.165, 1.54) is 12.8 Å². The highest BCUT2D eigenvalue weighted by molar-refractivity contribution is 6.21. The lowest BCUT2D eigenvalue weighted by Crippen LogP contribution is -2.35. The van der Waals surface area contributed by atoms with E-state index < -0.39 is 5.97 Å². The van der Waals surface area contributed by atoms with Gasteiger partial charge < -0.3 is 10.2 Å². The Morgan fingerprint density at radius 3 is 2.65 bits per heavy atom. The Hall–Kier alpha value is -1.10. The summed E-state index contributed by atoms with van der Waals surface area (Å²) in [6.07, 6.45) is 7.83. The summed E-state index contributed by atoms with van der Waals surface area (Å²) >= 11 is 6.54. The third kappa shape index (κ3) is 6.57. The lowest BCUT2D eigenvalue weighted by molar-refractivity contribution is 0.0697. The number of aromatic carboxylic acids is 1. The fraction of sp³-hybridized carbons (Fsp3) is 0.667. The van der Waals surface area contributed by atoms with E-state index in [9.17, 15) is 9.90 Å². The summed E-state index contributed by atoms with van der Waals surface area (Å²) in [5, 5.41) is 19.3. The highest BCUT2D eigenvalue weighted by Gasteiger charge is 2.32. The molecular weight excluding hydrogens is 350 g/mol. The first kappa shape index (κ1) is 21.2. The topological polar surface area (TPSA) is 60.8 Å². The SMILES string of the molecule is CCCCC[C@@H](O)CCN1CC[C@@H](Cl)[C@@H]1CCc1ccc(C(=O)O)cc1. The Morgan fingerprint density at radius 1 is 1.27 bits per heavy atom. The van der Waals surface area contributed by atoms with Crippen LogP contribution in [0.1, 0.15) is 67.8 Å². The number of unbranched alkanes of at least 4 members (excludes halogenated alkanes) is 2. The van der Waals surface area contributed by atoms with Crippen LogP contribution in [0.3, 0.4) is 0 Å². The molecule has 0 aliphatic carbocycles. The summed E-state index contributed by atoms with van der Waals surface area (Å²) in [7, 11) is 0. The quantitative estimate of drug-likeness (QED) is 0.442. The monoisotopic (exact) mass is 381 g/mol. The number of carbonyl (C=O) groups is 1. The molecule has 0 saturated carbocycles. The fourth-order valence-corrected chi connectivity index (χ4v) is 4.12. The van der Waals surface area contributed by atoms with Crippen molar-refractivity contribution in [2.45, 2.75) is 75.8 Å². The number of benzene rings is 1. The van der Waals surface area contributed by atoms with Crippen molar-refractivity contribution in [3.8, 4) is 0 Å². The maximum Gasteiger partial charge on any atom is 0.335 e. The molecular formula is C21H32ClNO3. The number of hydrogen-bond donors (Lipinski definition) is 2. The number of likely N-dealkylation sites (tertiary alicyclic amines) is 1. The van der Waals surface area contributed by atoms with Gasteiger partial charge in [-0.25, -0.2) is 4.79 Å². The second-order valence-corrected chi connectivity index (χ2v) is 7.95. The van der Waals surface area contributed by atoms with Crippen molar-refractivity contribution in [3.63, 3.8) is 0 Å². The summed E-state index contributed by atoms with van der Waals surface area (Å²) in [5.41, 5.74) is 1.47. The van der Waals surface area contributed by atoms with Crippen LogP contribution in [0.5, 0.6) is 0 Å². The lowest BCUT2D eigenvalue weighted by atomic mass is 10.0. The van der Waals surface area contributed by atoms with E-state index >= 15 is 0 Å². The molecule has 4 nitrogen and oxygen atoms in total. The maximum absolute atomic E-state index is 10.9. The molecule has 5 heteroatoms. The summed E-state index contributed by atoms with van der Waals surface area (Å²) in [5.74, 6) is -0.892. The van der Waals surface area contributed by atoms with E-state index in [4.69, 9.17) is 16.7 Å². The molecule has 2 rings (SSSR count).